The number of benzene rings is 2. The molecule has 27 heavy (non-hydrogen) atoms. The smallest absolute Gasteiger partial charge is 0.280 e. The van der Waals surface area contributed by atoms with Gasteiger partial charge in [-0.3, -0.25) is 4.72 Å². The molecule has 0 aliphatic carbocycles. The topological polar surface area (TPSA) is 64.0 Å². The van der Waals surface area contributed by atoms with Crippen molar-refractivity contribution in [3.63, 3.8) is 0 Å². The van der Waals surface area contributed by atoms with Gasteiger partial charge in [0.25, 0.3) is 10.0 Å². The zero-order chi connectivity index (χ0) is 19.8. The molecule has 1 aromatic heterocycles. The predicted molar refractivity (Wildman–Crippen MR) is 95.8 cm³/mol. The van der Waals surface area contributed by atoms with E-state index in [1.165, 1.54) is 42.5 Å². The van der Waals surface area contributed by atoms with Crippen LogP contribution < -0.4 is 4.72 Å². The van der Waals surface area contributed by atoms with Gasteiger partial charge in [0, 0.05) is 11.9 Å². The second-order valence-electron chi connectivity index (χ2n) is 5.37. The maximum atomic E-state index is 12.6. The molecule has 0 fully saturated rings. The lowest BCUT2D eigenvalue weighted by Gasteiger charge is -2.10. The molecule has 11 heteroatoms. The van der Waals surface area contributed by atoms with Crippen molar-refractivity contribution in [1.29, 1.82) is 0 Å². The number of rotatable bonds is 4. The van der Waals surface area contributed by atoms with E-state index in [4.69, 9.17) is 23.2 Å². The highest BCUT2D eigenvalue weighted by Crippen LogP contribution is 2.28. The van der Waals surface area contributed by atoms with E-state index < -0.39 is 21.9 Å². The molecule has 0 spiro atoms. The molecule has 0 amide bonds. The van der Waals surface area contributed by atoms with Gasteiger partial charge >= 0.3 is 6.18 Å². The predicted octanol–water partition coefficient (Wildman–Crippen LogP) is 5.00. The van der Waals surface area contributed by atoms with Crippen LogP contribution in [0.4, 0.5) is 18.9 Å². The number of nitrogens with zero attached hydrogens (tertiary/aromatic N) is 2. The molecule has 0 aliphatic heterocycles. The number of anilines is 1. The van der Waals surface area contributed by atoms with Gasteiger partial charge in [-0.2, -0.15) is 18.3 Å². The number of sulfonamides is 1. The first kappa shape index (κ1) is 19.5. The Kier molecular flexibility index (Phi) is 5.11. The number of halogens is 5. The summed E-state index contributed by atoms with van der Waals surface area (Å²) in [5.74, 6) is 0. The van der Waals surface area contributed by atoms with E-state index in [0.717, 1.165) is 16.9 Å². The van der Waals surface area contributed by atoms with Crippen molar-refractivity contribution >= 4 is 38.9 Å². The average molecular weight is 436 g/mol. The van der Waals surface area contributed by atoms with Crippen LogP contribution >= 0.6 is 23.2 Å². The van der Waals surface area contributed by atoms with Gasteiger partial charge < -0.3 is 0 Å². The molecule has 2 aromatic carbocycles. The van der Waals surface area contributed by atoms with E-state index in [1.807, 2.05) is 0 Å². The highest BCUT2D eigenvalue weighted by Gasteiger charge is 2.33. The quantitative estimate of drug-likeness (QED) is 0.626. The molecule has 0 unspecified atom stereocenters. The number of alkyl halides is 3. The lowest BCUT2D eigenvalue weighted by molar-refractivity contribution is -0.141. The van der Waals surface area contributed by atoms with Crippen molar-refractivity contribution in [2.24, 2.45) is 0 Å². The molecule has 0 bridgehead atoms. The number of hydrogen-bond donors (Lipinski definition) is 1. The maximum Gasteiger partial charge on any atom is 0.435 e. The fourth-order valence-electron chi connectivity index (χ4n) is 2.16. The van der Waals surface area contributed by atoms with Crippen molar-refractivity contribution in [1.82, 2.24) is 9.78 Å². The molecule has 3 rings (SSSR count). The minimum atomic E-state index is -4.54. The fourth-order valence-corrected chi connectivity index (χ4v) is 3.61. The van der Waals surface area contributed by atoms with Crippen LogP contribution in [0.15, 0.2) is 59.6 Å². The normalized spacial score (nSPS) is 12.2. The van der Waals surface area contributed by atoms with Gasteiger partial charge in [0.1, 0.15) is 0 Å². The van der Waals surface area contributed by atoms with Crippen molar-refractivity contribution in [2.75, 3.05) is 4.72 Å². The molecule has 5 nitrogen and oxygen atoms in total. The monoisotopic (exact) mass is 435 g/mol. The van der Waals surface area contributed by atoms with Crippen molar-refractivity contribution in [3.8, 4) is 5.69 Å². The summed E-state index contributed by atoms with van der Waals surface area (Å²) in [5.41, 5.74) is -0.470. The van der Waals surface area contributed by atoms with E-state index in [2.05, 4.69) is 9.82 Å². The summed E-state index contributed by atoms with van der Waals surface area (Å²) < 4.78 is 66.0. The van der Waals surface area contributed by atoms with E-state index in [1.54, 1.807) is 0 Å². The van der Waals surface area contributed by atoms with Crippen LogP contribution in [0.3, 0.4) is 0 Å². The van der Waals surface area contributed by atoms with Crippen molar-refractivity contribution < 1.29 is 21.6 Å². The Morgan fingerprint density at radius 3 is 2.19 bits per heavy atom. The highest BCUT2D eigenvalue weighted by molar-refractivity contribution is 7.92. The lowest BCUT2D eigenvalue weighted by atomic mass is 10.3. The highest BCUT2D eigenvalue weighted by atomic mass is 35.5. The first-order valence-electron chi connectivity index (χ1n) is 7.27. The van der Waals surface area contributed by atoms with Gasteiger partial charge in [-0.1, -0.05) is 23.2 Å². The zero-order valence-corrected chi connectivity index (χ0v) is 15.5. The molecule has 1 heterocycles. The van der Waals surface area contributed by atoms with Crippen molar-refractivity contribution in [2.45, 2.75) is 11.1 Å². The van der Waals surface area contributed by atoms with Gasteiger partial charge in [-0.15, -0.1) is 0 Å². The molecule has 1 N–H and O–H groups in total. The third kappa shape index (κ3) is 4.37. The maximum absolute atomic E-state index is 12.6. The van der Waals surface area contributed by atoms with E-state index in [-0.39, 0.29) is 20.6 Å². The van der Waals surface area contributed by atoms with Crippen LogP contribution in [0.1, 0.15) is 5.69 Å². The van der Waals surface area contributed by atoms with Gasteiger partial charge in [0.2, 0.25) is 0 Å². The Hall–Kier alpha value is -2.23. The largest absolute Gasteiger partial charge is 0.435 e. The summed E-state index contributed by atoms with van der Waals surface area (Å²) in [5, 5.41) is 3.76. The van der Waals surface area contributed by atoms with E-state index in [0.29, 0.717) is 5.69 Å². The standard InChI is InChI=1S/C16H10Cl2F3N3O2S/c17-13-6-5-12(9-14(13)18)27(25,26)23-10-1-3-11(4-2-10)24-8-7-15(22-24)16(19,20)21/h1-9,23H. The number of aromatic nitrogens is 2. The molecule has 0 atom stereocenters. The summed E-state index contributed by atoms with van der Waals surface area (Å²) in [4.78, 5) is -0.0807. The fraction of sp³-hybridized carbons (Fsp3) is 0.0625. The SMILES string of the molecule is O=S(=O)(Nc1ccc(-n2ccc(C(F)(F)F)n2)cc1)c1ccc(Cl)c(Cl)c1. The van der Waals surface area contributed by atoms with Gasteiger partial charge in [-0.05, 0) is 48.5 Å². The molecule has 0 saturated heterocycles. The van der Waals surface area contributed by atoms with Crippen molar-refractivity contribution in [3.05, 3.63) is 70.5 Å². The second kappa shape index (κ2) is 7.06. The number of hydrogen-bond acceptors (Lipinski definition) is 3. The molecule has 3 aromatic rings. The Balaban J connectivity index is 1.81. The Bertz CT molecular complexity index is 1080. The first-order valence-corrected chi connectivity index (χ1v) is 9.51. The molecule has 0 radical (unpaired) electrons. The first-order chi connectivity index (χ1) is 12.6. The van der Waals surface area contributed by atoms with E-state index in [9.17, 15) is 21.6 Å². The summed E-state index contributed by atoms with van der Waals surface area (Å²) in [6.45, 7) is 0. The summed E-state index contributed by atoms with van der Waals surface area (Å²) in [6.07, 6.45) is -3.38. The van der Waals surface area contributed by atoms with Crippen LogP contribution in [0, 0.1) is 0 Å². The lowest BCUT2D eigenvalue weighted by Crippen LogP contribution is -2.13. The minimum absolute atomic E-state index is 0.0807. The van der Waals surface area contributed by atoms with E-state index >= 15 is 0 Å². The minimum Gasteiger partial charge on any atom is -0.280 e. The second-order valence-corrected chi connectivity index (χ2v) is 7.87. The molecular weight excluding hydrogens is 426 g/mol. The Morgan fingerprint density at radius 2 is 1.63 bits per heavy atom. The number of nitrogens with one attached hydrogen (secondary N) is 1. The third-order valence-corrected chi connectivity index (χ3v) is 5.58. The molecule has 142 valence electrons. The average Bonchev–Trinajstić information content (AvgIpc) is 3.08. The van der Waals surface area contributed by atoms with Gasteiger partial charge in [0.15, 0.2) is 5.69 Å². The summed E-state index contributed by atoms with van der Waals surface area (Å²) >= 11 is 11.6. The third-order valence-electron chi connectivity index (χ3n) is 3.46. The summed E-state index contributed by atoms with van der Waals surface area (Å²) in [6, 6.07) is 10.4. The molecule has 0 saturated carbocycles. The Morgan fingerprint density at radius 1 is 0.963 bits per heavy atom. The van der Waals surface area contributed by atoms with Crippen LogP contribution in [0.2, 0.25) is 10.0 Å². The van der Waals surface area contributed by atoms with Gasteiger partial charge in [-0.25, -0.2) is 13.1 Å². The summed E-state index contributed by atoms with van der Waals surface area (Å²) in [7, 11) is -3.91. The molecular formula is C16H10Cl2F3N3O2S. The molecule has 0 aliphatic rings. The van der Waals surface area contributed by atoms with Crippen LogP contribution in [-0.4, -0.2) is 18.2 Å². The van der Waals surface area contributed by atoms with Crippen LogP contribution in [-0.2, 0) is 16.2 Å². The van der Waals surface area contributed by atoms with Crippen LogP contribution in [0.25, 0.3) is 5.69 Å². The zero-order valence-electron chi connectivity index (χ0n) is 13.2. The van der Waals surface area contributed by atoms with Gasteiger partial charge in [0.05, 0.1) is 20.6 Å². The Labute approximate surface area is 162 Å². The van der Waals surface area contributed by atoms with Crippen LogP contribution in [0.5, 0.6) is 0 Å².